The molecule has 1 amide bonds. The molecule has 2 heterocycles. The predicted octanol–water partition coefficient (Wildman–Crippen LogP) is 2.97. The Balaban J connectivity index is 1.36. The fourth-order valence-electron chi connectivity index (χ4n) is 3.63. The average molecular weight is 425 g/mol. The number of carbonyl (C=O) groups excluding carboxylic acids is 1. The van der Waals surface area contributed by atoms with Crippen LogP contribution in [0.15, 0.2) is 48.5 Å². The largest absolute Gasteiger partial charge is 0.499 e. The quantitative estimate of drug-likeness (QED) is 0.718. The van der Waals surface area contributed by atoms with Crippen LogP contribution in [0.2, 0.25) is 0 Å². The number of amides is 1. The van der Waals surface area contributed by atoms with E-state index in [1.165, 1.54) is 0 Å². The number of carbonyl (C=O) groups is 1. The minimum absolute atomic E-state index is 0.272. The Hall–Kier alpha value is -2.55. The van der Waals surface area contributed by atoms with E-state index in [0.29, 0.717) is 19.8 Å². The van der Waals surface area contributed by atoms with Gasteiger partial charge in [-0.3, -0.25) is 0 Å². The van der Waals surface area contributed by atoms with E-state index in [1.54, 1.807) is 0 Å². The Kier molecular flexibility index (Phi) is 6.50. The Morgan fingerprint density at radius 2 is 1.94 bits per heavy atom. The fourth-order valence-corrected chi connectivity index (χ4v) is 3.63. The maximum atomic E-state index is 12.0. The van der Waals surface area contributed by atoms with E-state index < -0.39 is 18.8 Å². The average Bonchev–Trinajstić information content (AvgIpc) is 2.97. The highest BCUT2D eigenvalue weighted by atomic mass is 16.6. The van der Waals surface area contributed by atoms with Crippen LogP contribution in [0.1, 0.15) is 38.0 Å². The van der Waals surface area contributed by atoms with Crippen LogP contribution in [-0.2, 0) is 25.4 Å². The van der Waals surface area contributed by atoms with Gasteiger partial charge in [-0.2, -0.15) is 0 Å². The molecule has 1 N–H and O–H groups in total. The third-order valence-corrected chi connectivity index (χ3v) is 4.96. The molecule has 31 heavy (non-hydrogen) atoms. The van der Waals surface area contributed by atoms with Crippen LogP contribution in [0.25, 0.3) is 0 Å². The van der Waals surface area contributed by atoms with Gasteiger partial charge in [0.1, 0.15) is 24.1 Å². The van der Waals surface area contributed by atoms with Crippen LogP contribution in [0.5, 0.6) is 5.75 Å². The second-order valence-corrected chi connectivity index (χ2v) is 8.67. The summed E-state index contributed by atoms with van der Waals surface area (Å²) in [6, 6.07) is 15.8. The van der Waals surface area contributed by atoms with Gasteiger partial charge in [0.2, 0.25) is 0 Å². The Bertz CT molecular complexity index is 901. The third-order valence-electron chi connectivity index (χ3n) is 4.96. The van der Waals surface area contributed by atoms with E-state index in [9.17, 15) is 4.79 Å². The van der Waals surface area contributed by atoms with E-state index in [2.05, 4.69) is 5.32 Å². The number of rotatable bonds is 6. The molecule has 0 saturated carbocycles. The zero-order valence-electron chi connectivity index (χ0n) is 18.1. The number of alkyl carbamates (subject to hydrolysis) is 1. The maximum absolute atomic E-state index is 12.0. The molecule has 7 nitrogen and oxygen atoms in total. The standard InChI is InChI=1S/C23H28BNO6/c1-23(2,3)29-22(26)25-12-20-18-10-7-11-19-21(18)24(31-20)30-17(15-28-19)14-27-13-16-8-5-4-6-9-16/h4-11,17,20H,12-15H2,1-3H3,(H,25,26)/t17-,20?/m0/s1. The van der Waals surface area contributed by atoms with Crippen molar-refractivity contribution in [2.24, 2.45) is 0 Å². The highest BCUT2D eigenvalue weighted by Crippen LogP contribution is 2.31. The molecule has 0 radical (unpaired) electrons. The highest BCUT2D eigenvalue weighted by molar-refractivity contribution is 6.64. The molecule has 0 bridgehead atoms. The Morgan fingerprint density at radius 3 is 2.71 bits per heavy atom. The van der Waals surface area contributed by atoms with Gasteiger partial charge in [0.05, 0.1) is 19.3 Å². The zero-order valence-corrected chi connectivity index (χ0v) is 18.1. The van der Waals surface area contributed by atoms with Crippen molar-refractivity contribution in [3.8, 4) is 5.75 Å². The molecule has 164 valence electrons. The first-order valence-corrected chi connectivity index (χ1v) is 10.5. The van der Waals surface area contributed by atoms with E-state index in [0.717, 1.165) is 22.3 Å². The third kappa shape index (κ3) is 5.58. The van der Waals surface area contributed by atoms with E-state index in [4.69, 9.17) is 23.5 Å². The van der Waals surface area contributed by atoms with E-state index in [1.807, 2.05) is 69.3 Å². The summed E-state index contributed by atoms with van der Waals surface area (Å²) in [6.07, 6.45) is -1.10. The van der Waals surface area contributed by atoms with Crippen molar-refractivity contribution in [1.29, 1.82) is 0 Å². The molecule has 0 fully saturated rings. The second kappa shape index (κ2) is 9.30. The van der Waals surface area contributed by atoms with Gasteiger partial charge in [0, 0.05) is 12.0 Å². The van der Waals surface area contributed by atoms with Crippen molar-refractivity contribution in [3.63, 3.8) is 0 Å². The molecule has 0 aliphatic carbocycles. The van der Waals surface area contributed by atoms with Gasteiger partial charge in [-0.05, 0) is 38.0 Å². The minimum Gasteiger partial charge on any atom is -0.491 e. The Labute approximate surface area is 183 Å². The SMILES string of the molecule is CC(C)(C)OC(=O)NCC1OB2O[C@@H](COCc3ccccc3)COc3cccc1c32. The normalized spacial score (nSPS) is 19.9. The summed E-state index contributed by atoms with van der Waals surface area (Å²) >= 11 is 0. The fraction of sp³-hybridized carbons (Fsp3) is 0.435. The van der Waals surface area contributed by atoms with Gasteiger partial charge >= 0.3 is 13.2 Å². The van der Waals surface area contributed by atoms with Gasteiger partial charge in [0.25, 0.3) is 0 Å². The number of nitrogens with one attached hydrogen (secondary N) is 1. The monoisotopic (exact) mass is 425 g/mol. The molecule has 2 aliphatic heterocycles. The predicted molar refractivity (Wildman–Crippen MR) is 116 cm³/mol. The van der Waals surface area contributed by atoms with Gasteiger partial charge in [0.15, 0.2) is 0 Å². The smallest absolute Gasteiger partial charge is 0.491 e. The molecule has 0 saturated heterocycles. The lowest BCUT2D eigenvalue weighted by atomic mass is 9.77. The molecule has 2 aromatic carbocycles. The summed E-state index contributed by atoms with van der Waals surface area (Å²) in [7, 11) is -0.565. The second-order valence-electron chi connectivity index (χ2n) is 8.67. The molecule has 0 spiro atoms. The van der Waals surface area contributed by atoms with Crippen molar-refractivity contribution in [2.45, 2.75) is 45.2 Å². The van der Waals surface area contributed by atoms with Crippen LogP contribution in [-0.4, -0.2) is 44.7 Å². The number of hydrogen-bond acceptors (Lipinski definition) is 6. The van der Waals surface area contributed by atoms with Crippen molar-refractivity contribution < 1.29 is 28.3 Å². The molecular weight excluding hydrogens is 397 g/mol. The summed E-state index contributed by atoms with van der Waals surface area (Å²) in [6.45, 7) is 7.03. The first-order chi connectivity index (χ1) is 14.9. The lowest BCUT2D eigenvalue weighted by Crippen LogP contribution is -2.38. The van der Waals surface area contributed by atoms with E-state index in [-0.39, 0.29) is 18.8 Å². The number of hydrogen-bond donors (Lipinski definition) is 1. The van der Waals surface area contributed by atoms with Crippen LogP contribution in [0.4, 0.5) is 4.79 Å². The van der Waals surface area contributed by atoms with E-state index >= 15 is 0 Å². The molecule has 1 unspecified atom stereocenters. The summed E-state index contributed by atoms with van der Waals surface area (Å²) in [5, 5.41) is 2.78. The summed E-state index contributed by atoms with van der Waals surface area (Å²) in [5.41, 5.74) is 2.38. The van der Waals surface area contributed by atoms with Gasteiger partial charge in [-0.1, -0.05) is 42.5 Å². The molecule has 2 aliphatic rings. The number of ether oxygens (including phenoxy) is 3. The van der Waals surface area contributed by atoms with Crippen molar-refractivity contribution >= 4 is 18.7 Å². The molecule has 8 heteroatoms. The van der Waals surface area contributed by atoms with Gasteiger partial charge in [-0.15, -0.1) is 0 Å². The van der Waals surface area contributed by atoms with Gasteiger partial charge in [-0.25, -0.2) is 4.79 Å². The van der Waals surface area contributed by atoms with Crippen molar-refractivity contribution in [2.75, 3.05) is 19.8 Å². The van der Waals surface area contributed by atoms with Crippen molar-refractivity contribution in [1.82, 2.24) is 5.32 Å². The topological polar surface area (TPSA) is 75.3 Å². The van der Waals surface area contributed by atoms with Crippen LogP contribution in [0.3, 0.4) is 0 Å². The molecule has 4 rings (SSSR count). The molecule has 2 aromatic rings. The zero-order chi connectivity index (χ0) is 21.8. The summed E-state index contributed by atoms with van der Waals surface area (Å²) in [5.74, 6) is 0.743. The molecule has 2 atom stereocenters. The van der Waals surface area contributed by atoms with Crippen molar-refractivity contribution in [3.05, 3.63) is 59.7 Å². The maximum Gasteiger partial charge on any atom is 0.499 e. The lowest BCUT2D eigenvalue weighted by Gasteiger charge is -2.22. The van der Waals surface area contributed by atoms with Crippen LogP contribution < -0.4 is 15.5 Å². The number of benzene rings is 2. The van der Waals surface area contributed by atoms with Gasteiger partial charge < -0.3 is 28.8 Å². The lowest BCUT2D eigenvalue weighted by molar-refractivity contribution is 0.00629. The summed E-state index contributed by atoms with van der Waals surface area (Å²) in [4.78, 5) is 12.0. The summed E-state index contributed by atoms with van der Waals surface area (Å²) < 4.78 is 29.5. The first-order valence-electron chi connectivity index (χ1n) is 10.5. The Morgan fingerprint density at radius 1 is 1.13 bits per heavy atom. The van der Waals surface area contributed by atoms with Crippen LogP contribution >= 0.6 is 0 Å². The first kappa shape index (κ1) is 21.7. The van der Waals surface area contributed by atoms with Crippen LogP contribution in [0, 0.1) is 0 Å². The molecular formula is C23H28BNO6. The highest BCUT2D eigenvalue weighted by Gasteiger charge is 2.43. The minimum atomic E-state index is -0.565. The molecule has 0 aromatic heterocycles.